The third-order valence-electron chi connectivity index (χ3n) is 2.40. The summed E-state index contributed by atoms with van der Waals surface area (Å²) in [5.74, 6) is 0. The highest BCUT2D eigenvalue weighted by atomic mass is 16.5. The summed E-state index contributed by atoms with van der Waals surface area (Å²) in [4.78, 5) is 0. The molecule has 1 fully saturated rings. The molecule has 0 N–H and O–H groups in total. The summed E-state index contributed by atoms with van der Waals surface area (Å²) in [6, 6.07) is 0. The zero-order valence-electron chi connectivity index (χ0n) is 6.66. The van der Waals surface area contributed by atoms with Crippen molar-refractivity contribution in [2.24, 2.45) is 0 Å². The van der Waals surface area contributed by atoms with E-state index >= 15 is 0 Å². The van der Waals surface area contributed by atoms with Crippen molar-refractivity contribution < 1.29 is 9.47 Å². The van der Waals surface area contributed by atoms with E-state index < -0.39 is 0 Å². The van der Waals surface area contributed by atoms with E-state index in [-0.39, 0.29) is 0 Å². The van der Waals surface area contributed by atoms with Gasteiger partial charge in [-0.2, -0.15) is 0 Å². The van der Waals surface area contributed by atoms with Gasteiger partial charge in [0.05, 0.1) is 19.0 Å². The minimum Gasteiger partial charge on any atom is -0.496 e. The van der Waals surface area contributed by atoms with Gasteiger partial charge in [-0.05, 0) is 25.3 Å². The van der Waals surface area contributed by atoms with Crippen LogP contribution < -0.4 is 0 Å². The van der Waals surface area contributed by atoms with Gasteiger partial charge in [0, 0.05) is 0 Å². The molecule has 0 bridgehead atoms. The first-order valence-electron chi connectivity index (χ1n) is 4.39. The minimum atomic E-state index is 0.336. The molecule has 2 rings (SSSR count). The zero-order valence-corrected chi connectivity index (χ0v) is 6.66. The summed E-state index contributed by atoms with van der Waals surface area (Å²) in [5.41, 5.74) is 0. The van der Waals surface area contributed by atoms with E-state index in [9.17, 15) is 0 Å². The molecular weight excluding hydrogens is 140 g/mol. The van der Waals surface area contributed by atoms with Crippen LogP contribution in [0, 0.1) is 0 Å². The van der Waals surface area contributed by atoms with Gasteiger partial charge < -0.3 is 9.47 Å². The van der Waals surface area contributed by atoms with Crippen LogP contribution in [0.1, 0.15) is 25.7 Å². The summed E-state index contributed by atoms with van der Waals surface area (Å²) in [6.07, 6.45) is 9.35. The Morgan fingerprint density at radius 1 is 1.09 bits per heavy atom. The molecule has 2 nitrogen and oxygen atoms in total. The van der Waals surface area contributed by atoms with Crippen molar-refractivity contribution in [2.45, 2.75) is 37.9 Å². The molecule has 11 heavy (non-hydrogen) atoms. The van der Waals surface area contributed by atoms with Crippen molar-refractivity contribution in [3.8, 4) is 0 Å². The molecule has 0 aromatic heterocycles. The maximum absolute atomic E-state index is 5.60. The molecule has 1 aliphatic carbocycles. The van der Waals surface area contributed by atoms with Gasteiger partial charge in [0.25, 0.3) is 0 Å². The molecule has 1 heterocycles. The molecule has 0 aromatic carbocycles. The summed E-state index contributed by atoms with van der Waals surface area (Å²) in [7, 11) is 0. The normalized spacial score (nSPS) is 37.1. The number of hydrogen-bond acceptors (Lipinski definition) is 2. The molecule has 0 saturated heterocycles. The molecule has 1 saturated carbocycles. The number of fused-ring (bicyclic) bond motifs is 1. The van der Waals surface area contributed by atoms with E-state index in [1.165, 1.54) is 19.3 Å². The van der Waals surface area contributed by atoms with Gasteiger partial charge >= 0.3 is 0 Å². The monoisotopic (exact) mass is 154 g/mol. The molecule has 0 radical (unpaired) electrons. The minimum absolute atomic E-state index is 0.336. The van der Waals surface area contributed by atoms with Crippen LogP contribution in [0.5, 0.6) is 0 Å². The average molecular weight is 154 g/mol. The molecule has 1 aliphatic heterocycles. The molecule has 2 atom stereocenters. The largest absolute Gasteiger partial charge is 0.496 e. The summed E-state index contributed by atoms with van der Waals surface area (Å²) in [6.45, 7) is 0.723. The van der Waals surface area contributed by atoms with E-state index in [0.29, 0.717) is 12.2 Å². The molecule has 2 heteroatoms. The lowest BCUT2D eigenvalue weighted by Crippen LogP contribution is -2.32. The second-order valence-corrected chi connectivity index (χ2v) is 3.20. The Morgan fingerprint density at radius 3 is 2.82 bits per heavy atom. The van der Waals surface area contributed by atoms with Crippen molar-refractivity contribution in [3.05, 3.63) is 12.3 Å². The first-order chi connectivity index (χ1) is 5.47. The maximum atomic E-state index is 5.60. The standard InChI is InChI=1S/C9H14O2/c1-2-5-9-8(4-1)10-6-3-7-11-9/h3,6,8-9H,1-2,4-5,7H2. The topological polar surface area (TPSA) is 18.5 Å². The van der Waals surface area contributed by atoms with Gasteiger partial charge in [-0.3, -0.25) is 0 Å². The Kier molecular flexibility index (Phi) is 2.13. The van der Waals surface area contributed by atoms with E-state index in [1.54, 1.807) is 6.26 Å². The van der Waals surface area contributed by atoms with E-state index in [1.807, 2.05) is 6.08 Å². The van der Waals surface area contributed by atoms with Gasteiger partial charge in [0.2, 0.25) is 0 Å². The van der Waals surface area contributed by atoms with Crippen LogP contribution in [0.15, 0.2) is 12.3 Å². The first kappa shape index (κ1) is 7.17. The van der Waals surface area contributed by atoms with Crippen LogP contribution >= 0.6 is 0 Å². The fourth-order valence-electron chi connectivity index (χ4n) is 1.78. The van der Waals surface area contributed by atoms with Gasteiger partial charge in [-0.15, -0.1) is 0 Å². The predicted octanol–water partition coefficient (Wildman–Crippen LogP) is 1.86. The quantitative estimate of drug-likeness (QED) is 0.530. The first-order valence-corrected chi connectivity index (χ1v) is 4.39. The van der Waals surface area contributed by atoms with E-state index in [2.05, 4.69) is 0 Å². The smallest absolute Gasteiger partial charge is 0.124 e. The SMILES string of the molecule is C1=COC2CCCCC2OC1. The van der Waals surface area contributed by atoms with Crippen LogP contribution in [0.25, 0.3) is 0 Å². The van der Waals surface area contributed by atoms with Gasteiger partial charge in [0.1, 0.15) is 6.10 Å². The maximum Gasteiger partial charge on any atom is 0.124 e. The Morgan fingerprint density at radius 2 is 1.91 bits per heavy atom. The van der Waals surface area contributed by atoms with Crippen LogP contribution in [0.4, 0.5) is 0 Å². The van der Waals surface area contributed by atoms with E-state index in [0.717, 1.165) is 13.0 Å². The van der Waals surface area contributed by atoms with Crippen molar-refractivity contribution in [1.82, 2.24) is 0 Å². The van der Waals surface area contributed by atoms with Gasteiger partial charge in [-0.1, -0.05) is 6.42 Å². The zero-order chi connectivity index (χ0) is 7.52. The number of rotatable bonds is 0. The highest BCUT2D eigenvalue weighted by molar-refractivity contribution is 4.85. The molecule has 62 valence electrons. The Balaban J connectivity index is 1.98. The number of hydrogen-bond donors (Lipinski definition) is 0. The molecular formula is C9H14O2. The Hall–Kier alpha value is -0.500. The van der Waals surface area contributed by atoms with Crippen LogP contribution in [0.2, 0.25) is 0 Å². The summed E-state index contributed by atoms with van der Waals surface area (Å²) in [5, 5.41) is 0. The van der Waals surface area contributed by atoms with Crippen molar-refractivity contribution in [3.63, 3.8) is 0 Å². The predicted molar refractivity (Wildman–Crippen MR) is 42.2 cm³/mol. The third-order valence-corrected chi connectivity index (χ3v) is 2.40. The second kappa shape index (κ2) is 3.26. The molecule has 0 amide bonds. The molecule has 0 spiro atoms. The van der Waals surface area contributed by atoms with Crippen molar-refractivity contribution >= 4 is 0 Å². The Labute approximate surface area is 67.2 Å². The van der Waals surface area contributed by atoms with Crippen LogP contribution in [-0.4, -0.2) is 18.8 Å². The summed E-state index contributed by atoms with van der Waals surface area (Å²) < 4.78 is 11.1. The fourth-order valence-corrected chi connectivity index (χ4v) is 1.78. The Bertz CT molecular complexity index is 154. The van der Waals surface area contributed by atoms with Gasteiger partial charge in [0.15, 0.2) is 0 Å². The van der Waals surface area contributed by atoms with Crippen LogP contribution in [-0.2, 0) is 9.47 Å². The lowest BCUT2D eigenvalue weighted by atomic mass is 9.95. The van der Waals surface area contributed by atoms with Crippen LogP contribution in [0.3, 0.4) is 0 Å². The molecule has 2 unspecified atom stereocenters. The second-order valence-electron chi connectivity index (χ2n) is 3.20. The fraction of sp³-hybridized carbons (Fsp3) is 0.778. The average Bonchev–Trinajstić information content (AvgIpc) is 2.28. The highest BCUT2D eigenvalue weighted by Gasteiger charge is 2.27. The van der Waals surface area contributed by atoms with Gasteiger partial charge in [-0.25, -0.2) is 0 Å². The summed E-state index contributed by atoms with van der Waals surface area (Å²) >= 11 is 0. The third kappa shape index (κ3) is 1.56. The lowest BCUT2D eigenvalue weighted by Gasteiger charge is -2.28. The number of ether oxygens (including phenoxy) is 2. The lowest BCUT2D eigenvalue weighted by molar-refractivity contribution is -0.0437. The van der Waals surface area contributed by atoms with Crippen molar-refractivity contribution in [2.75, 3.05) is 6.61 Å². The highest BCUT2D eigenvalue weighted by Crippen LogP contribution is 2.25. The van der Waals surface area contributed by atoms with Crippen molar-refractivity contribution in [1.29, 1.82) is 0 Å². The van der Waals surface area contributed by atoms with E-state index in [4.69, 9.17) is 9.47 Å². The molecule has 0 aromatic rings. The molecule has 2 aliphatic rings.